The smallest absolute Gasteiger partial charge is 0.413 e. The molecule has 11 heteroatoms. The highest BCUT2D eigenvalue weighted by Crippen LogP contribution is 2.39. The van der Waals surface area contributed by atoms with Crippen molar-refractivity contribution in [1.82, 2.24) is 14.9 Å². The summed E-state index contributed by atoms with van der Waals surface area (Å²) in [7, 11) is 0. The van der Waals surface area contributed by atoms with Gasteiger partial charge in [0, 0.05) is 48.5 Å². The quantitative estimate of drug-likeness (QED) is 0.454. The minimum atomic E-state index is -0.562. The number of ether oxygens (including phenoxy) is 3. The van der Waals surface area contributed by atoms with E-state index < -0.39 is 11.9 Å². The molecule has 1 aromatic carbocycles. The van der Waals surface area contributed by atoms with Crippen molar-refractivity contribution >= 4 is 34.1 Å². The number of anilines is 3. The van der Waals surface area contributed by atoms with Crippen molar-refractivity contribution in [2.45, 2.75) is 31.9 Å². The number of hydrogen-bond donors (Lipinski definition) is 3. The first-order valence-electron chi connectivity index (χ1n) is 12.5. The number of nitrogen functional groups attached to an aromatic ring is 1. The van der Waals surface area contributed by atoms with Crippen molar-refractivity contribution in [2.75, 3.05) is 55.8 Å². The fraction of sp³-hybridized carbons (Fsp3) is 0.423. The van der Waals surface area contributed by atoms with Gasteiger partial charge in [0.25, 0.3) is 0 Å². The van der Waals surface area contributed by atoms with Crippen molar-refractivity contribution in [1.29, 1.82) is 0 Å². The molecule has 6 rings (SSSR count). The third-order valence-corrected chi connectivity index (χ3v) is 7.35. The summed E-state index contributed by atoms with van der Waals surface area (Å²) in [5.74, 6) is 0.253. The molecule has 3 aliphatic rings. The van der Waals surface area contributed by atoms with Crippen LogP contribution in [0.3, 0.4) is 0 Å². The van der Waals surface area contributed by atoms with Crippen molar-refractivity contribution in [3.05, 3.63) is 35.9 Å². The average molecular weight is 509 g/mol. The van der Waals surface area contributed by atoms with Crippen molar-refractivity contribution < 1.29 is 23.4 Å². The predicted octanol–water partition coefficient (Wildman–Crippen LogP) is 3.54. The Morgan fingerprint density at radius 1 is 1.22 bits per heavy atom. The summed E-state index contributed by atoms with van der Waals surface area (Å²) in [6.45, 7) is 6.38. The van der Waals surface area contributed by atoms with Gasteiger partial charge >= 0.3 is 6.09 Å². The highest BCUT2D eigenvalue weighted by molar-refractivity contribution is 5.99. The molecule has 0 unspecified atom stereocenters. The standard InChI is InChI=1S/C26H29FN6O4/c1-14-19(10-31-25-24(14)29-4-7-36-25)18-8-15-9-21(30-11-20(15)23(28)22(18)27)32-26(34)37-17-2-5-33(6-3-17)16-12-35-13-16/h8-11,16-17,29H,2-7,12-13,28H2,1H3,(H,30,32,34). The maximum Gasteiger partial charge on any atom is 0.413 e. The molecule has 2 saturated heterocycles. The molecule has 5 heterocycles. The summed E-state index contributed by atoms with van der Waals surface area (Å²) in [6.07, 6.45) is 3.90. The van der Waals surface area contributed by atoms with E-state index in [9.17, 15) is 4.79 Å². The van der Waals surface area contributed by atoms with Crippen LogP contribution >= 0.6 is 0 Å². The number of hydrogen-bond acceptors (Lipinski definition) is 9. The molecule has 10 nitrogen and oxygen atoms in total. The zero-order valence-corrected chi connectivity index (χ0v) is 20.6. The maximum atomic E-state index is 15.4. The molecule has 4 N–H and O–H groups in total. The van der Waals surface area contributed by atoms with E-state index >= 15 is 4.39 Å². The third kappa shape index (κ3) is 4.49. The van der Waals surface area contributed by atoms with Gasteiger partial charge in [0.2, 0.25) is 5.88 Å². The lowest BCUT2D eigenvalue weighted by Crippen LogP contribution is -2.52. The number of pyridine rings is 2. The summed E-state index contributed by atoms with van der Waals surface area (Å²) in [5, 5.41) is 7.07. The summed E-state index contributed by atoms with van der Waals surface area (Å²) in [5.41, 5.74) is 8.63. The lowest BCUT2D eigenvalue weighted by atomic mass is 9.97. The van der Waals surface area contributed by atoms with Crippen LogP contribution in [-0.4, -0.2) is 72.6 Å². The number of carbonyl (C=O) groups excluding carboxylic acids is 1. The minimum Gasteiger partial charge on any atom is -0.474 e. The van der Waals surface area contributed by atoms with Crippen molar-refractivity contribution in [2.24, 2.45) is 0 Å². The Kier molecular flexibility index (Phi) is 6.17. The van der Waals surface area contributed by atoms with E-state index in [2.05, 4.69) is 25.5 Å². The second-order valence-corrected chi connectivity index (χ2v) is 9.65. The Morgan fingerprint density at radius 3 is 2.78 bits per heavy atom. The lowest BCUT2D eigenvalue weighted by molar-refractivity contribution is -0.0798. The number of nitrogens with two attached hydrogens (primary N) is 1. The van der Waals surface area contributed by atoms with Crippen LogP contribution in [0.4, 0.5) is 26.4 Å². The number of benzene rings is 1. The topological polar surface area (TPSA) is 124 Å². The molecule has 194 valence electrons. The van der Waals surface area contributed by atoms with Gasteiger partial charge in [-0.05, 0) is 42.8 Å². The van der Waals surface area contributed by atoms with E-state index in [4.69, 9.17) is 19.9 Å². The molecule has 0 saturated carbocycles. The van der Waals surface area contributed by atoms with Crippen LogP contribution in [0.25, 0.3) is 21.9 Å². The number of carbonyl (C=O) groups is 1. The van der Waals surface area contributed by atoms with E-state index in [0.717, 1.165) is 50.4 Å². The Balaban J connectivity index is 1.20. The van der Waals surface area contributed by atoms with Gasteiger partial charge in [-0.25, -0.2) is 19.2 Å². The second-order valence-electron chi connectivity index (χ2n) is 9.65. The molecule has 0 bridgehead atoms. The van der Waals surface area contributed by atoms with E-state index in [-0.39, 0.29) is 11.8 Å². The highest BCUT2D eigenvalue weighted by Gasteiger charge is 2.31. The van der Waals surface area contributed by atoms with Gasteiger partial charge in [-0.15, -0.1) is 0 Å². The number of halogens is 1. The molecule has 3 aliphatic heterocycles. The minimum absolute atomic E-state index is 0.0147. The monoisotopic (exact) mass is 508 g/mol. The van der Waals surface area contributed by atoms with Gasteiger partial charge in [-0.2, -0.15) is 0 Å². The van der Waals surface area contributed by atoms with E-state index in [1.807, 2.05) is 6.92 Å². The van der Waals surface area contributed by atoms with Gasteiger partial charge < -0.3 is 25.3 Å². The number of aromatic nitrogens is 2. The number of amides is 1. The Bertz CT molecular complexity index is 1360. The Hall–Kier alpha value is -3.70. The molecule has 2 aromatic heterocycles. The Labute approximate surface area is 213 Å². The predicted molar refractivity (Wildman–Crippen MR) is 137 cm³/mol. The SMILES string of the molecule is Cc1c(-c2cc3cc(NC(=O)OC4CCN(C5COC5)CC4)ncc3c(N)c2F)cnc2c1NCCO2. The third-order valence-electron chi connectivity index (χ3n) is 7.35. The lowest BCUT2D eigenvalue weighted by Gasteiger charge is -2.41. The van der Waals surface area contributed by atoms with Crippen LogP contribution in [0.15, 0.2) is 24.5 Å². The molecule has 3 aromatic rings. The van der Waals surface area contributed by atoms with Crippen molar-refractivity contribution in [3.8, 4) is 17.0 Å². The number of nitrogens with one attached hydrogen (secondary N) is 2. The van der Waals surface area contributed by atoms with Gasteiger partial charge in [0.15, 0.2) is 5.82 Å². The summed E-state index contributed by atoms with van der Waals surface area (Å²) in [6, 6.07) is 3.85. The van der Waals surface area contributed by atoms with Gasteiger partial charge in [-0.1, -0.05) is 0 Å². The van der Waals surface area contributed by atoms with Crippen LogP contribution < -0.4 is 21.1 Å². The van der Waals surface area contributed by atoms with Crippen LogP contribution in [0.1, 0.15) is 18.4 Å². The number of piperidine rings is 1. The first kappa shape index (κ1) is 23.7. The molecule has 0 aliphatic carbocycles. The fourth-order valence-corrected chi connectivity index (χ4v) is 5.13. The second kappa shape index (κ2) is 9.64. The number of likely N-dealkylation sites (tertiary alicyclic amines) is 1. The zero-order chi connectivity index (χ0) is 25.5. The molecule has 0 spiro atoms. The average Bonchev–Trinajstić information content (AvgIpc) is 2.87. The summed E-state index contributed by atoms with van der Waals surface area (Å²) in [4.78, 5) is 23.6. The number of rotatable bonds is 4. The molecule has 2 fully saturated rings. The highest BCUT2D eigenvalue weighted by atomic mass is 19.1. The number of nitrogens with zero attached hydrogens (tertiary/aromatic N) is 3. The normalized spacial score (nSPS) is 18.4. The van der Waals surface area contributed by atoms with E-state index in [0.29, 0.717) is 52.8 Å². The van der Waals surface area contributed by atoms with Gasteiger partial charge in [0.1, 0.15) is 24.2 Å². The van der Waals surface area contributed by atoms with E-state index in [1.54, 1.807) is 18.3 Å². The van der Waals surface area contributed by atoms with Gasteiger partial charge in [-0.3, -0.25) is 10.2 Å². The van der Waals surface area contributed by atoms with Crippen LogP contribution in [0, 0.1) is 12.7 Å². The largest absolute Gasteiger partial charge is 0.474 e. The van der Waals surface area contributed by atoms with E-state index in [1.165, 1.54) is 6.20 Å². The molecule has 1 amide bonds. The van der Waals surface area contributed by atoms with Crippen LogP contribution in [-0.2, 0) is 9.47 Å². The summed E-state index contributed by atoms with van der Waals surface area (Å²) >= 11 is 0. The maximum absolute atomic E-state index is 15.4. The molecular weight excluding hydrogens is 479 g/mol. The molecule has 0 atom stereocenters. The zero-order valence-electron chi connectivity index (χ0n) is 20.6. The number of fused-ring (bicyclic) bond motifs is 2. The first-order chi connectivity index (χ1) is 18.0. The van der Waals surface area contributed by atoms with Gasteiger partial charge in [0.05, 0.1) is 24.9 Å². The first-order valence-corrected chi connectivity index (χ1v) is 12.5. The van der Waals surface area contributed by atoms with Crippen LogP contribution in [0.5, 0.6) is 5.88 Å². The molecular formula is C26H29FN6O4. The summed E-state index contributed by atoms with van der Waals surface area (Å²) < 4.78 is 31.9. The fourth-order valence-electron chi connectivity index (χ4n) is 5.13. The van der Waals surface area contributed by atoms with Crippen LogP contribution in [0.2, 0.25) is 0 Å². The molecule has 0 radical (unpaired) electrons. The molecule has 37 heavy (non-hydrogen) atoms. The Morgan fingerprint density at radius 2 is 2.03 bits per heavy atom. The van der Waals surface area contributed by atoms with Crippen molar-refractivity contribution in [3.63, 3.8) is 0 Å².